The fraction of sp³-hybridized carbons (Fsp3) is 0.692. The monoisotopic (exact) mass is 285 g/mol. The first-order valence-corrected chi connectivity index (χ1v) is 7.30. The number of thiazole rings is 1. The minimum Gasteiger partial charge on any atom is -0.393 e. The molecular weight excluding hydrogens is 262 g/mol. The summed E-state index contributed by atoms with van der Waals surface area (Å²) in [5.74, 6) is 0. The van der Waals surface area contributed by atoms with Crippen molar-refractivity contribution in [2.75, 3.05) is 6.54 Å². The molecule has 19 heavy (non-hydrogen) atoms. The predicted molar refractivity (Wildman–Crippen MR) is 77.1 cm³/mol. The lowest BCUT2D eigenvalue weighted by atomic mass is 9.87. The number of aromatic nitrogens is 1. The largest absolute Gasteiger partial charge is 0.393 e. The van der Waals surface area contributed by atoms with Gasteiger partial charge >= 0.3 is 6.03 Å². The number of rotatable bonds is 6. The highest BCUT2D eigenvalue weighted by Gasteiger charge is 2.21. The second-order valence-electron chi connectivity index (χ2n) is 5.64. The van der Waals surface area contributed by atoms with E-state index >= 15 is 0 Å². The quantitative estimate of drug-likeness (QED) is 0.751. The number of carbonyl (C=O) groups is 1. The van der Waals surface area contributed by atoms with Gasteiger partial charge in [0.05, 0.1) is 12.1 Å². The molecule has 108 valence electrons. The second-order valence-corrected chi connectivity index (χ2v) is 6.56. The molecule has 0 aliphatic rings. The first kappa shape index (κ1) is 15.9. The third kappa shape index (κ3) is 6.02. The van der Waals surface area contributed by atoms with Gasteiger partial charge in [-0.25, -0.2) is 9.78 Å². The van der Waals surface area contributed by atoms with E-state index in [0.29, 0.717) is 13.0 Å². The fourth-order valence-electron chi connectivity index (χ4n) is 1.95. The van der Waals surface area contributed by atoms with Crippen LogP contribution >= 0.6 is 11.3 Å². The summed E-state index contributed by atoms with van der Waals surface area (Å²) < 4.78 is 0. The van der Waals surface area contributed by atoms with Gasteiger partial charge in [0.2, 0.25) is 0 Å². The Morgan fingerprint density at radius 2 is 2.21 bits per heavy atom. The van der Waals surface area contributed by atoms with Gasteiger partial charge in [0.15, 0.2) is 0 Å². The van der Waals surface area contributed by atoms with Crippen LogP contribution in [0.5, 0.6) is 0 Å². The van der Waals surface area contributed by atoms with Gasteiger partial charge in [-0.1, -0.05) is 13.8 Å². The average Bonchev–Trinajstić information content (AvgIpc) is 2.78. The Morgan fingerprint density at radius 3 is 2.74 bits per heavy atom. The van der Waals surface area contributed by atoms with Crippen molar-refractivity contribution in [3.63, 3.8) is 0 Å². The number of hydrogen-bond acceptors (Lipinski definition) is 4. The molecule has 2 atom stereocenters. The van der Waals surface area contributed by atoms with Crippen molar-refractivity contribution in [2.24, 2.45) is 5.41 Å². The van der Waals surface area contributed by atoms with E-state index < -0.39 is 0 Å². The predicted octanol–water partition coefficient (Wildman–Crippen LogP) is 2.30. The third-order valence-corrected chi connectivity index (χ3v) is 3.70. The average molecular weight is 285 g/mol. The molecule has 0 saturated carbocycles. The van der Waals surface area contributed by atoms with E-state index in [0.717, 1.165) is 5.01 Å². The maximum Gasteiger partial charge on any atom is 0.315 e. The van der Waals surface area contributed by atoms with Gasteiger partial charge in [-0.3, -0.25) is 0 Å². The Kier molecular flexibility index (Phi) is 5.75. The van der Waals surface area contributed by atoms with Crippen molar-refractivity contribution in [3.05, 3.63) is 16.6 Å². The van der Waals surface area contributed by atoms with E-state index in [1.54, 1.807) is 13.1 Å². The van der Waals surface area contributed by atoms with Crippen molar-refractivity contribution in [1.29, 1.82) is 0 Å². The molecule has 3 N–H and O–H groups in total. The molecule has 1 heterocycles. The minimum atomic E-state index is -0.367. The Hall–Kier alpha value is -1.14. The van der Waals surface area contributed by atoms with E-state index in [1.807, 2.05) is 26.2 Å². The smallest absolute Gasteiger partial charge is 0.315 e. The lowest BCUT2D eigenvalue weighted by Gasteiger charge is -2.26. The number of hydrogen-bond donors (Lipinski definition) is 3. The Labute approximate surface area is 118 Å². The number of urea groups is 1. The van der Waals surface area contributed by atoms with Crippen LogP contribution in [0, 0.1) is 5.41 Å². The van der Waals surface area contributed by atoms with Crippen molar-refractivity contribution in [2.45, 2.75) is 46.3 Å². The summed E-state index contributed by atoms with van der Waals surface area (Å²) in [6.45, 7) is 8.22. The summed E-state index contributed by atoms with van der Waals surface area (Å²) >= 11 is 1.52. The molecule has 0 saturated heterocycles. The lowest BCUT2D eigenvalue weighted by molar-refractivity contribution is 0.128. The zero-order valence-corrected chi connectivity index (χ0v) is 12.8. The molecule has 5 nitrogen and oxygen atoms in total. The fourth-order valence-corrected chi connectivity index (χ4v) is 2.60. The molecule has 0 bridgehead atoms. The molecule has 1 aromatic heterocycles. The summed E-state index contributed by atoms with van der Waals surface area (Å²) in [5.41, 5.74) is -0.129. The van der Waals surface area contributed by atoms with E-state index in [9.17, 15) is 9.90 Å². The van der Waals surface area contributed by atoms with E-state index in [2.05, 4.69) is 15.6 Å². The number of nitrogens with zero attached hydrogens (tertiary/aromatic N) is 1. The summed E-state index contributed by atoms with van der Waals surface area (Å²) in [7, 11) is 0. The molecule has 0 aliphatic carbocycles. The van der Waals surface area contributed by atoms with Crippen molar-refractivity contribution >= 4 is 17.4 Å². The zero-order chi connectivity index (χ0) is 14.5. The van der Waals surface area contributed by atoms with Crippen LogP contribution in [-0.4, -0.2) is 28.8 Å². The van der Waals surface area contributed by atoms with Gasteiger partial charge in [0.1, 0.15) is 5.01 Å². The Bertz CT molecular complexity index is 391. The first-order chi connectivity index (χ1) is 8.80. The number of nitrogens with one attached hydrogen (secondary N) is 2. The van der Waals surface area contributed by atoms with E-state index in [1.165, 1.54) is 11.3 Å². The Balaban J connectivity index is 2.35. The molecule has 0 spiro atoms. The molecule has 0 unspecified atom stereocenters. The molecule has 0 aliphatic heterocycles. The molecular formula is C13H23N3O2S. The molecule has 2 amide bonds. The summed E-state index contributed by atoms with van der Waals surface area (Å²) in [5, 5.41) is 17.8. The van der Waals surface area contributed by atoms with Crippen LogP contribution in [0.25, 0.3) is 0 Å². The first-order valence-electron chi connectivity index (χ1n) is 6.42. The number of amides is 2. The lowest BCUT2D eigenvalue weighted by Crippen LogP contribution is -2.42. The summed E-state index contributed by atoms with van der Waals surface area (Å²) in [6, 6.07) is -0.304. The van der Waals surface area contributed by atoms with Crippen LogP contribution in [0.3, 0.4) is 0 Å². The van der Waals surface area contributed by atoms with Gasteiger partial charge < -0.3 is 15.7 Å². The van der Waals surface area contributed by atoms with Crippen molar-refractivity contribution in [3.8, 4) is 0 Å². The van der Waals surface area contributed by atoms with Crippen molar-refractivity contribution < 1.29 is 9.90 Å². The molecule has 0 radical (unpaired) electrons. The van der Waals surface area contributed by atoms with Gasteiger partial charge in [-0.2, -0.15) is 0 Å². The maximum atomic E-state index is 11.8. The van der Waals surface area contributed by atoms with Gasteiger partial charge in [0.25, 0.3) is 0 Å². The van der Waals surface area contributed by atoms with Crippen LogP contribution in [0.1, 0.15) is 45.2 Å². The summed E-state index contributed by atoms with van der Waals surface area (Å²) in [6.07, 6.45) is 2.01. The number of carbonyl (C=O) groups excluding carboxylic acids is 1. The standard InChI is InChI=1S/C13H23N3O2S/c1-9(17)7-13(3,4)8-15-12(18)16-10(2)11-14-5-6-19-11/h5-6,9-10,17H,7-8H2,1-4H3,(H2,15,16,18)/t9-,10-/m1/s1. The number of aliphatic hydroxyl groups is 1. The second kappa shape index (κ2) is 6.86. The third-order valence-electron chi connectivity index (χ3n) is 2.74. The molecule has 1 aromatic rings. The molecule has 1 rings (SSSR count). The Morgan fingerprint density at radius 1 is 1.53 bits per heavy atom. The minimum absolute atomic E-state index is 0.0973. The molecule has 0 fully saturated rings. The van der Waals surface area contributed by atoms with Gasteiger partial charge in [0, 0.05) is 18.1 Å². The van der Waals surface area contributed by atoms with Crippen LogP contribution < -0.4 is 10.6 Å². The number of aliphatic hydroxyl groups excluding tert-OH is 1. The highest BCUT2D eigenvalue weighted by atomic mass is 32.1. The SMILES string of the molecule is C[C@@H](O)CC(C)(C)CNC(=O)N[C@H](C)c1nccs1. The topological polar surface area (TPSA) is 74.2 Å². The van der Waals surface area contributed by atoms with Crippen LogP contribution in [0.4, 0.5) is 4.79 Å². The van der Waals surface area contributed by atoms with Crippen LogP contribution in [0.2, 0.25) is 0 Å². The van der Waals surface area contributed by atoms with Gasteiger partial charge in [-0.15, -0.1) is 11.3 Å². The summed E-state index contributed by atoms with van der Waals surface area (Å²) in [4.78, 5) is 15.9. The van der Waals surface area contributed by atoms with Crippen LogP contribution in [0.15, 0.2) is 11.6 Å². The van der Waals surface area contributed by atoms with Gasteiger partial charge in [-0.05, 0) is 25.7 Å². The highest BCUT2D eigenvalue weighted by Crippen LogP contribution is 2.21. The highest BCUT2D eigenvalue weighted by molar-refractivity contribution is 7.09. The normalized spacial score (nSPS) is 14.8. The van der Waals surface area contributed by atoms with Crippen LogP contribution in [-0.2, 0) is 0 Å². The van der Waals surface area contributed by atoms with E-state index in [-0.39, 0.29) is 23.6 Å². The molecule has 0 aromatic carbocycles. The maximum absolute atomic E-state index is 11.8. The van der Waals surface area contributed by atoms with Crippen molar-refractivity contribution in [1.82, 2.24) is 15.6 Å². The molecule has 6 heteroatoms. The zero-order valence-electron chi connectivity index (χ0n) is 11.9. The van der Waals surface area contributed by atoms with E-state index in [4.69, 9.17) is 0 Å².